The Labute approximate surface area is 133 Å². The van der Waals surface area contributed by atoms with Crippen LogP contribution in [0.5, 0.6) is 0 Å². The zero-order valence-electron chi connectivity index (χ0n) is 13.1. The fourth-order valence-electron chi connectivity index (χ4n) is 2.47. The van der Waals surface area contributed by atoms with Crippen molar-refractivity contribution in [1.29, 1.82) is 0 Å². The Morgan fingerprint density at radius 2 is 1.90 bits per heavy atom. The van der Waals surface area contributed by atoms with Crippen LogP contribution in [0.4, 0.5) is 0 Å². The summed E-state index contributed by atoms with van der Waals surface area (Å²) in [5, 5.41) is 4.28. The Balaban J connectivity index is 2.36. The molecule has 0 aliphatic heterocycles. The monoisotopic (exact) mass is 301 g/mol. The number of halogens is 1. The quantitative estimate of drug-likeness (QED) is 0.747. The van der Waals surface area contributed by atoms with Crippen LogP contribution in [0.3, 0.4) is 0 Å². The summed E-state index contributed by atoms with van der Waals surface area (Å²) in [7, 11) is 0. The second-order valence-corrected chi connectivity index (χ2v) is 6.22. The molecule has 0 bridgehead atoms. The van der Waals surface area contributed by atoms with Crippen molar-refractivity contribution in [3.63, 3.8) is 0 Å². The van der Waals surface area contributed by atoms with Gasteiger partial charge in [-0.25, -0.2) is 0 Å². The molecule has 0 saturated heterocycles. The number of rotatable bonds is 6. The molecule has 21 heavy (non-hydrogen) atoms. The van der Waals surface area contributed by atoms with E-state index in [0.717, 1.165) is 18.0 Å². The highest BCUT2D eigenvalue weighted by atomic mass is 35.5. The molecular weight excluding hydrogens is 278 g/mol. The molecule has 112 valence electrons. The van der Waals surface area contributed by atoms with Gasteiger partial charge in [0, 0.05) is 17.6 Å². The lowest BCUT2D eigenvalue weighted by Gasteiger charge is -2.14. The summed E-state index contributed by atoms with van der Waals surface area (Å²) in [5.41, 5.74) is 5.16. The van der Waals surface area contributed by atoms with Gasteiger partial charge in [0.2, 0.25) is 0 Å². The van der Waals surface area contributed by atoms with Gasteiger partial charge in [0.25, 0.3) is 0 Å². The molecular formula is C19H24ClN. The van der Waals surface area contributed by atoms with Gasteiger partial charge in [0.15, 0.2) is 0 Å². The predicted molar refractivity (Wildman–Crippen MR) is 92.9 cm³/mol. The Morgan fingerprint density at radius 1 is 1.10 bits per heavy atom. The van der Waals surface area contributed by atoms with E-state index >= 15 is 0 Å². The molecule has 0 radical (unpaired) electrons. The number of hydrogen-bond donors (Lipinski definition) is 1. The maximum absolute atomic E-state index is 6.21. The molecule has 0 aromatic heterocycles. The molecule has 0 amide bonds. The molecule has 0 spiro atoms. The molecule has 1 nitrogen and oxygen atoms in total. The van der Waals surface area contributed by atoms with E-state index < -0.39 is 0 Å². The lowest BCUT2D eigenvalue weighted by molar-refractivity contribution is 0.589. The van der Waals surface area contributed by atoms with E-state index in [9.17, 15) is 0 Å². The fraction of sp³-hybridized carbons (Fsp3) is 0.368. The van der Waals surface area contributed by atoms with Crippen LogP contribution in [0.2, 0.25) is 5.02 Å². The van der Waals surface area contributed by atoms with E-state index in [1.54, 1.807) is 0 Å². The number of hydrogen-bond acceptors (Lipinski definition) is 1. The molecule has 0 saturated carbocycles. The van der Waals surface area contributed by atoms with E-state index in [1.165, 1.54) is 28.7 Å². The lowest BCUT2D eigenvalue weighted by atomic mass is 9.97. The second kappa shape index (κ2) is 7.63. The second-order valence-electron chi connectivity index (χ2n) is 5.79. The van der Waals surface area contributed by atoms with Crippen molar-refractivity contribution in [3.8, 4) is 11.1 Å². The van der Waals surface area contributed by atoms with Crippen molar-refractivity contribution in [2.75, 3.05) is 0 Å². The molecule has 0 aliphatic carbocycles. The summed E-state index contributed by atoms with van der Waals surface area (Å²) in [5.74, 6) is 0. The van der Waals surface area contributed by atoms with Crippen LogP contribution in [0.25, 0.3) is 11.1 Å². The van der Waals surface area contributed by atoms with Gasteiger partial charge in [-0.1, -0.05) is 69.1 Å². The van der Waals surface area contributed by atoms with E-state index in [4.69, 9.17) is 11.6 Å². The first kappa shape index (κ1) is 16.1. The largest absolute Gasteiger partial charge is 0.310 e. The highest BCUT2D eigenvalue weighted by molar-refractivity contribution is 6.30. The van der Waals surface area contributed by atoms with E-state index in [-0.39, 0.29) is 0 Å². The van der Waals surface area contributed by atoms with Crippen LogP contribution >= 0.6 is 11.6 Å². The van der Waals surface area contributed by atoms with Crippen molar-refractivity contribution >= 4 is 11.6 Å². The third kappa shape index (κ3) is 4.59. The molecule has 2 heteroatoms. The normalized spacial score (nSPS) is 11.1. The first-order valence-electron chi connectivity index (χ1n) is 7.71. The van der Waals surface area contributed by atoms with Crippen LogP contribution in [0.15, 0.2) is 42.5 Å². The van der Waals surface area contributed by atoms with E-state index in [2.05, 4.69) is 62.5 Å². The predicted octanol–water partition coefficient (Wildman–Crippen LogP) is 5.46. The maximum Gasteiger partial charge on any atom is 0.0412 e. The first-order valence-corrected chi connectivity index (χ1v) is 8.09. The highest BCUT2D eigenvalue weighted by Crippen LogP contribution is 2.28. The molecule has 1 N–H and O–H groups in total. The first-order chi connectivity index (χ1) is 10.1. The van der Waals surface area contributed by atoms with Gasteiger partial charge in [0.05, 0.1) is 0 Å². The van der Waals surface area contributed by atoms with Crippen LogP contribution in [0.1, 0.15) is 38.3 Å². The summed E-state index contributed by atoms with van der Waals surface area (Å²) in [6.07, 6.45) is 2.29. The van der Waals surface area contributed by atoms with Crippen molar-refractivity contribution in [1.82, 2.24) is 5.32 Å². The van der Waals surface area contributed by atoms with Crippen molar-refractivity contribution < 1.29 is 0 Å². The van der Waals surface area contributed by atoms with Crippen molar-refractivity contribution in [2.45, 2.75) is 46.2 Å². The Kier molecular flexibility index (Phi) is 5.84. The summed E-state index contributed by atoms with van der Waals surface area (Å²) < 4.78 is 0. The van der Waals surface area contributed by atoms with Gasteiger partial charge in [0.1, 0.15) is 0 Å². The summed E-state index contributed by atoms with van der Waals surface area (Å²) >= 11 is 6.21. The zero-order valence-corrected chi connectivity index (χ0v) is 13.9. The highest BCUT2D eigenvalue weighted by Gasteiger charge is 2.07. The van der Waals surface area contributed by atoms with Crippen LogP contribution in [0, 0.1) is 0 Å². The molecule has 2 aromatic carbocycles. The third-order valence-corrected chi connectivity index (χ3v) is 3.78. The molecule has 0 fully saturated rings. The number of benzene rings is 2. The molecule has 0 unspecified atom stereocenters. The Hall–Kier alpha value is -1.31. The SMILES string of the molecule is CCCc1cccc(-c2cc(Cl)ccc2CNC(C)C)c1. The minimum absolute atomic E-state index is 0.472. The molecule has 2 rings (SSSR count). The maximum atomic E-state index is 6.21. The standard InChI is InChI=1S/C19H24ClN/c1-4-6-15-7-5-8-16(11-15)19-12-18(20)10-9-17(19)13-21-14(2)3/h5,7-12,14,21H,4,6,13H2,1-3H3. The Bertz CT molecular complexity index is 590. The van der Waals surface area contributed by atoms with Crippen LogP contribution in [-0.4, -0.2) is 6.04 Å². The van der Waals surface area contributed by atoms with Gasteiger partial charge in [-0.3, -0.25) is 0 Å². The summed E-state index contributed by atoms with van der Waals surface area (Å²) in [4.78, 5) is 0. The molecule has 0 atom stereocenters. The molecule has 2 aromatic rings. The molecule has 0 aliphatic rings. The zero-order chi connectivity index (χ0) is 15.2. The van der Waals surface area contributed by atoms with Gasteiger partial charge < -0.3 is 5.32 Å². The van der Waals surface area contributed by atoms with Gasteiger partial charge in [-0.2, -0.15) is 0 Å². The number of nitrogens with one attached hydrogen (secondary N) is 1. The van der Waals surface area contributed by atoms with Crippen LogP contribution in [-0.2, 0) is 13.0 Å². The van der Waals surface area contributed by atoms with Gasteiger partial charge in [-0.05, 0) is 40.8 Å². The van der Waals surface area contributed by atoms with Crippen molar-refractivity contribution in [2.24, 2.45) is 0 Å². The average Bonchev–Trinajstić information content (AvgIpc) is 2.46. The fourth-order valence-corrected chi connectivity index (χ4v) is 2.64. The van der Waals surface area contributed by atoms with E-state index in [0.29, 0.717) is 6.04 Å². The minimum Gasteiger partial charge on any atom is -0.310 e. The van der Waals surface area contributed by atoms with Gasteiger partial charge >= 0.3 is 0 Å². The third-order valence-electron chi connectivity index (χ3n) is 3.55. The summed E-state index contributed by atoms with van der Waals surface area (Å²) in [6, 6.07) is 15.4. The molecule has 0 heterocycles. The van der Waals surface area contributed by atoms with E-state index in [1.807, 2.05) is 6.07 Å². The van der Waals surface area contributed by atoms with Gasteiger partial charge in [-0.15, -0.1) is 0 Å². The average molecular weight is 302 g/mol. The summed E-state index contributed by atoms with van der Waals surface area (Å²) in [6.45, 7) is 7.40. The Morgan fingerprint density at radius 3 is 2.62 bits per heavy atom. The smallest absolute Gasteiger partial charge is 0.0412 e. The minimum atomic E-state index is 0.472. The van der Waals surface area contributed by atoms with Crippen molar-refractivity contribution in [3.05, 3.63) is 58.6 Å². The van der Waals surface area contributed by atoms with Crippen LogP contribution < -0.4 is 5.32 Å². The topological polar surface area (TPSA) is 12.0 Å². The lowest BCUT2D eigenvalue weighted by Crippen LogP contribution is -2.22. The number of aryl methyl sites for hydroxylation is 1.